The monoisotopic (exact) mass is 370 g/mol. The summed E-state index contributed by atoms with van der Waals surface area (Å²) in [5, 5.41) is 1.00. The molecule has 0 radical (unpaired) electrons. The van der Waals surface area contributed by atoms with Crippen LogP contribution in [0.1, 0.15) is 0 Å². The summed E-state index contributed by atoms with van der Waals surface area (Å²) in [5.41, 5.74) is 1.89. The Bertz CT molecular complexity index is 825. The highest BCUT2D eigenvalue weighted by Gasteiger charge is 2.29. The van der Waals surface area contributed by atoms with Gasteiger partial charge in [-0.3, -0.25) is 9.55 Å². The van der Waals surface area contributed by atoms with E-state index in [9.17, 15) is 0 Å². The SMILES string of the molecule is C[Si](C)(C)Oc1c2cccnc2c(O[Si](C)(C)C)n1-c1ccccc1. The molecule has 2 heterocycles. The van der Waals surface area contributed by atoms with Crippen molar-refractivity contribution < 1.29 is 8.85 Å². The first kappa shape index (κ1) is 17.8. The predicted octanol–water partition coefficient (Wildman–Crippen LogP) is 5.45. The Hall–Kier alpha value is -2.06. The van der Waals surface area contributed by atoms with Crippen LogP contribution in [0.3, 0.4) is 0 Å². The molecule has 6 heteroatoms. The van der Waals surface area contributed by atoms with E-state index in [1.807, 2.05) is 30.5 Å². The highest BCUT2D eigenvalue weighted by molar-refractivity contribution is 6.71. The smallest absolute Gasteiger partial charge is 0.244 e. The third-order valence-corrected chi connectivity index (χ3v) is 5.08. The third-order valence-electron chi connectivity index (χ3n) is 3.47. The van der Waals surface area contributed by atoms with Crippen molar-refractivity contribution >= 4 is 27.5 Å². The van der Waals surface area contributed by atoms with E-state index >= 15 is 0 Å². The van der Waals surface area contributed by atoms with Crippen molar-refractivity contribution in [2.24, 2.45) is 0 Å². The van der Waals surface area contributed by atoms with Crippen LogP contribution in [0.2, 0.25) is 39.3 Å². The van der Waals surface area contributed by atoms with E-state index in [2.05, 4.69) is 67.0 Å². The van der Waals surface area contributed by atoms with Gasteiger partial charge in [-0.25, -0.2) is 0 Å². The predicted molar refractivity (Wildman–Crippen MR) is 109 cm³/mol. The van der Waals surface area contributed by atoms with E-state index in [-0.39, 0.29) is 0 Å². The fourth-order valence-corrected chi connectivity index (χ4v) is 4.20. The summed E-state index contributed by atoms with van der Waals surface area (Å²) >= 11 is 0. The third kappa shape index (κ3) is 3.96. The quantitative estimate of drug-likeness (QED) is 0.560. The largest absolute Gasteiger partial charge is 0.532 e. The van der Waals surface area contributed by atoms with Crippen LogP contribution in [0.4, 0.5) is 0 Å². The molecule has 25 heavy (non-hydrogen) atoms. The molecule has 0 aliphatic rings. The molecule has 0 aliphatic carbocycles. The van der Waals surface area contributed by atoms with E-state index in [4.69, 9.17) is 8.85 Å². The lowest BCUT2D eigenvalue weighted by Gasteiger charge is -2.24. The lowest BCUT2D eigenvalue weighted by Crippen LogP contribution is -2.32. The summed E-state index contributed by atoms with van der Waals surface area (Å²) in [5.74, 6) is 1.62. The Morgan fingerprint density at radius 1 is 0.760 bits per heavy atom. The second-order valence-electron chi connectivity index (χ2n) is 8.11. The minimum absolute atomic E-state index is 0.786. The Morgan fingerprint density at radius 3 is 1.96 bits per heavy atom. The summed E-state index contributed by atoms with van der Waals surface area (Å²) in [6.07, 6.45) is 1.81. The van der Waals surface area contributed by atoms with Crippen LogP contribution in [-0.2, 0) is 0 Å². The maximum absolute atomic E-state index is 6.49. The van der Waals surface area contributed by atoms with Gasteiger partial charge in [-0.1, -0.05) is 18.2 Å². The van der Waals surface area contributed by atoms with Gasteiger partial charge < -0.3 is 8.85 Å². The lowest BCUT2D eigenvalue weighted by molar-refractivity contribution is 0.484. The van der Waals surface area contributed by atoms with Gasteiger partial charge in [0, 0.05) is 6.20 Å². The maximum Gasteiger partial charge on any atom is 0.244 e. The van der Waals surface area contributed by atoms with Crippen LogP contribution in [0.5, 0.6) is 11.8 Å². The Labute approximate surface area is 151 Å². The van der Waals surface area contributed by atoms with Gasteiger partial charge in [0.2, 0.25) is 22.5 Å². The number of fused-ring (bicyclic) bond motifs is 1. The molecule has 0 aliphatic heterocycles. The summed E-state index contributed by atoms with van der Waals surface area (Å²) in [4.78, 5) is 4.61. The zero-order chi connectivity index (χ0) is 18.2. The minimum Gasteiger partial charge on any atom is -0.532 e. The Morgan fingerprint density at radius 2 is 1.36 bits per heavy atom. The fraction of sp³-hybridized carbons (Fsp3) is 0.316. The van der Waals surface area contributed by atoms with Crippen molar-refractivity contribution in [2.45, 2.75) is 39.3 Å². The van der Waals surface area contributed by atoms with Crippen molar-refractivity contribution in [3.05, 3.63) is 48.7 Å². The molecule has 0 saturated carbocycles. The number of hydrogen-bond acceptors (Lipinski definition) is 3. The summed E-state index contributed by atoms with van der Waals surface area (Å²) in [6, 6.07) is 14.2. The van der Waals surface area contributed by atoms with Gasteiger partial charge in [-0.05, 0) is 63.5 Å². The van der Waals surface area contributed by atoms with Crippen LogP contribution in [0, 0.1) is 0 Å². The van der Waals surface area contributed by atoms with E-state index in [1.54, 1.807) is 0 Å². The summed E-state index contributed by atoms with van der Waals surface area (Å²) in [7, 11) is -3.65. The van der Waals surface area contributed by atoms with Gasteiger partial charge in [0.1, 0.15) is 5.52 Å². The molecule has 0 atom stereocenters. The van der Waals surface area contributed by atoms with Gasteiger partial charge >= 0.3 is 0 Å². The summed E-state index contributed by atoms with van der Waals surface area (Å²) in [6.45, 7) is 13.1. The standard InChI is InChI=1S/C19H26N2O2Si2/c1-24(2,3)22-18-16-13-10-14-20-17(16)19(23-25(4,5)6)21(18)15-11-8-7-9-12-15/h7-14H,1-6H3. The number of pyridine rings is 1. The van der Waals surface area contributed by atoms with E-state index < -0.39 is 16.6 Å². The average molecular weight is 371 g/mol. The molecule has 0 spiro atoms. The normalized spacial score (nSPS) is 12.4. The maximum atomic E-state index is 6.49. The molecule has 0 amide bonds. The van der Waals surface area contributed by atoms with Gasteiger partial charge in [0.15, 0.2) is 5.88 Å². The van der Waals surface area contributed by atoms with Crippen molar-refractivity contribution in [2.75, 3.05) is 0 Å². The fourth-order valence-electron chi connectivity index (χ4n) is 2.65. The number of rotatable bonds is 5. The molecule has 0 fully saturated rings. The van der Waals surface area contributed by atoms with Gasteiger partial charge in [0.25, 0.3) is 0 Å². The molecular formula is C19H26N2O2Si2. The first-order chi connectivity index (χ1) is 11.7. The van der Waals surface area contributed by atoms with Gasteiger partial charge in [-0.15, -0.1) is 0 Å². The molecule has 0 bridgehead atoms. The molecule has 1 aromatic carbocycles. The van der Waals surface area contributed by atoms with Gasteiger partial charge in [0.05, 0.1) is 11.1 Å². The minimum atomic E-state index is -1.83. The number of benzene rings is 1. The number of para-hydroxylation sites is 1. The van der Waals surface area contributed by atoms with E-state index in [0.29, 0.717) is 0 Å². The number of nitrogens with zero attached hydrogens (tertiary/aromatic N) is 2. The number of aromatic nitrogens is 2. The topological polar surface area (TPSA) is 36.3 Å². The zero-order valence-corrected chi connectivity index (χ0v) is 17.8. The van der Waals surface area contributed by atoms with Crippen molar-refractivity contribution in [1.29, 1.82) is 0 Å². The van der Waals surface area contributed by atoms with Crippen LogP contribution in [0.25, 0.3) is 16.6 Å². The van der Waals surface area contributed by atoms with Crippen LogP contribution in [0.15, 0.2) is 48.7 Å². The lowest BCUT2D eigenvalue weighted by atomic mass is 10.3. The van der Waals surface area contributed by atoms with Crippen LogP contribution >= 0.6 is 0 Å². The first-order valence-electron chi connectivity index (χ1n) is 8.59. The van der Waals surface area contributed by atoms with Crippen LogP contribution in [-0.4, -0.2) is 26.2 Å². The Kier molecular flexibility index (Phi) is 4.51. The molecular weight excluding hydrogens is 344 g/mol. The molecule has 0 N–H and O–H groups in total. The first-order valence-corrected chi connectivity index (χ1v) is 15.4. The average Bonchev–Trinajstić information content (AvgIpc) is 2.79. The highest BCUT2D eigenvalue weighted by Crippen LogP contribution is 2.41. The van der Waals surface area contributed by atoms with E-state index in [0.717, 1.165) is 28.4 Å². The molecule has 0 saturated heterocycles. The molecule has 3 rings (SSSR count). The number of hydrogen-bond donors (Lipinski definition) is 0. The molecule has 0 unspecified atom stereocenters. The zero-order valence-electron chi connectivity index (χ0n) is 15.8. The van der Waals surface area contributed by atoms with Crippen molar-refractivity contribution in [3.63, 3.8) is 0 Å². The molecule has 2 aromatic heterocycles. The second-order valence-corrected chi connectivity index (χ2v) is 17.0. The summed E-state index contributed by atoms with van der Waals surface area (Å²) < 4.78 is 15.1. The van der Waals surface area contributed by atoms with E-state index in [1.165, 1.54) is 0 Å². The second kappa shape index (κ2) is 6.35. The van der Waals surface area contributed by atoms with Crippen LogP contribution < -0.4 is 8.85 Å². The van der Waals surface area contributed by atoms with Gasteiger partial charge in [-0.2, -0.15) is 0 Å². The highest BCUT2D eigenvalue weighted by atomic mass is 28.4. The van der Waals surface area contributed by atoms with Crippen molar-refractivity contribution in [3.8, 4) is 17.4 Å². The molecule has 3 aromatic rings. The molecule has 132 valence electrons. The Balaban J connectivity index is 2.34. The molecule has 4 nitrogen and oxygen atoms in total. The van der Waals surface area contributed by atoms with Crippen molar-refractivity contribution in [1.82, 2.24) is 9.55 Å².